The Morgan fingerprint density at radius 2 is 1.82 bits per heavy atom. The van der Waals surface area contributed by atoms with E-state index in [0.717, 1.165) is 24.8 Å². The maximum absolute atomic E-state index is 14.0. The summed E-state index contributed by atoms with van der Waals surface area (Å²) in [6.07, 6.45) is 1.82. The lowest BCUT2D eigenvalue weighted by Gasteiger charge is -2.37. The molecule has 1 aliphatic heterocycles. The molecule has 7 nitrogen and oxygen atoms in total. The summed E-state index contributed by atoms with van der Waals surface area (Å²) in [5.74, 6) is 5.42. The molecule has 1 saturated heterocycles. The lowest BCUT2D eigenvalue weighted by Crippen LogP contribution is -2.48. The van der Waals surface area contributed by atoms with E-state index in [-0.39, 0.29) is 23.4 Å². The molecule has 4 heterocycles. The first-order valence-corrected chi connectivity index (χ1v) is 13.0. The second-order valence-corrected chi connectivity index (χ2v) is 10.0. The number of benzene rings is 1. The van der Waals surface area contributed by atoms with Crippen LogP contribution < -0.4 is 5.32 Å². The Bertz CT molecular complexity index is 1580. The fourth-order valence-electron chi connectivity index (χ4n) is 4.73. The van der Waals surface area contributed by atoms with E-state index in [2.05, 4.69) is 45.9 Å². The van der Waals surface area contributed by atoms with Gasteiger partial charge in [-0.1, -0.05) is 18.1 Å². The summed E-state index contributed by atoms with van der Waals surface area (Å²) in [5.41, 5.74) is 1.61. The van der Waals surface area contributed by atoms with Gasteiger partial charge in [-0.15, -0.1) is 0 Å². The van der Waals surface area contributed by atoms with Crippen LogP contribution in [0.15, 0.2) is 67.3 Å². The number of hydrogen-bond donors (Lipinski definition) is 1. The van der Waals surface area contributed by atoms with Gasteiger partial charge in [0.05, 0.1) is 17.3 Å². The number of piperazine rings is 1. The third-order valence-corrected chi connectivity index (χ3v) is 6.96. The number of carbonyl (C=O) groups excluding carboxylic acids is 1. The van der Waals surface area contributed by atoms with Gasteiger partial charge in [-0.05, 0) is 55.7 Å². The van der Waals surface area contributed by atoms with Crippen molar-refractivity contribution in [3.63, 3.8) is 0 Å². The minimum absolute atomic E-state index is 0.0629. The molecule has 1 aromatic carbocycles. The van der Waals surface area contributed by atoms with E-state index in [1.807, 2.05) is 33.7 Å². The first-order valence-electron chi connectivity index (χ1n) is 13.0. The number of aromatic nitrogens is 3. The average molecular weight is 547 g/mol. The van der Waals surface area contributed by atoms with Crippen molar-refractivity contribution in [3.8, 4) is 11.8 Å². The van der Waals surface area contributed by atoms with Crippen LogP contribution in [0.2, 0.25) is 0 Å². The quantitative estimate of drug-likeness (QED) is 0.360. The predicted octanol–water partition coefficient (Wildman–Crippen LogP) is 4.93. The fraction of sp³-hybridized carbons (Fsp3) is 0.300. The smallest absolute Gasteiger partial charge is 0.322 e. The largest absolute Gasteiger partial charge is 0.416 e. The highest BCUT2D eigenvalue weighted by atomic mass is 19.4. The number of imidazole rings is 1. The van der Waals surface area contributed by atoms with Gasteiger partial charge in [-0.3, -0.25) is 24.0 Å². The number of hydrogen-bond acceptors (Lipinski definition) is 5. The monoisotopic (exact) mass is 546 g/mol. The van der Waals surface area contributed by atoms with Gasteiger partial charge < -0.3 is 5.32 Å². The SMILES string of the molecule is CC(C)N1CCN(Cc2ccc(NC(=O)c3cncc(C#Cc4cnc5ccccn45)c3)cc2C(F)(F)F)CC1. The molecule has 1 amide bonds. The van der Waals surface area contributed by atoms with Gasteiger partial charge in [0.25, 0.3) is 5.91 Å². The van der Waals surface area contributed by atoms with E-state index in [0.29, 0.717) is 30.4 Å². The molecule has 0 atom stereocenters. The molecule has 0 spiro atoms. The van der Waals surface area contributed by atoms with Crippen molar-refractivity contribution in [1.82, 2.24) is 24.2 Å². The van der Waals surface area contributed by atoms with Crippen LogP contribution in [0.1, 0.15) is 46.6 Å². The van der Waals surface area contributed by atoms with Gasteiger partial charge in [-0.2, -0.15) is 13.2 Å². The van der Waals surface area contributed by atoms with Gasteiger partial charge >= 0.3 is 6.18 Å². The number of pyridine rings is 2. The molecule has 10 heteroatoms. The number of anilines is 1. The van der Waals surface area contributed by atoms with E-state index < -0.39 is 17.6 Å². The van der Waals surface area contributed by atoms with E-state index in [1.54, 1.807) is 12.3 Å². The maximum atomic E-state index is 14.0. The van der Waals surface area contributed by atoms with Crippen molar-refractivity contribution < 1.29 is 18.0 Å². The van der Waals surface area contributed by atoms with Crippen LogP contribution in [0.3, 0.4) is 0 Å². The maximum Gasteiger partial charge on any atom is 0.416 e. The molecule has 206 valence electrons. The summed E-state index contributed by atoms with van der Waals surface area (Å²) < 4.78 is 43.8. The van der Waals surface area contributed by atoms with E-state index in [4.69, 9.17) is 0 Å². The summed E-state index contributed by atoms with van der Waals surface area (Å²) in [7, 11) is 0. The minimum atomic E-state index is -4.55. The van der Waals surface area contributed by atoms with Gasteiger partial charge in [0, 0.05) is 68.6 Å². The fourth-order valence-corrected chi connectivity index (χ4v) is 4.73. The third kappa shape index (κ3) is 6.33. The first kappa shape index (κ1) is 27.4. The highest BCUT2D eigenvalue weighted by Crippen LogP contribution is 2.34. The zero-order valence-corrected chi connectivity index (χ0v) is 22.2. The highest BCUT2D eigenvalue weighted by molar-refractivity contribution is 6.04. The second kappa shape index (κ2) is 11.5. The molecule has 4 aromatic rings. The zero-order chi connectivity index (χ0) is 28.3. The molecule has 0 saturated carbocycles. The van der Waals surface area contributed by atoms with Crippen molar-refractivity contribution in [1.29, 1.82) is 0 Å². The van der Waals surface area contributed by atoms with Crippen molar-refractivity contribution in [3.05, 3.63) is 95.2 Å². The number of halogens is 3. The second-order valence-electron chi connectivity index (χ2n) is 10.0. The van der Waals surface area contributed by atoms with Gasteiger partial charge in [0.1, 0.15) is 11.3 Å². The van der Waals surface area contributed by atoms with E-state index in [1.165, 1.54) is 24.5 Å². The molecule has 0 radical (unpaired) electrons. The molecule has 0 bridgehead atoms. The van der Waals surface area contributed by atoms with Gasteiger partial charge in [-0.25, -0.2) is 4.98 Å². The third-order valence-electron chi connectivity index (χ3n) is 6.96. The first-order chi connectivity index (χ1) is 19.2. The normalized spacial score (nSPS) is 14.8. The number of amides is 1. The van der Waals surface area contributed by atoms with Crippen LogP contribution in [0.5, 0.6) is 0 Å². The Labute approximate surface area is 230 Å². The molecule has 1 fully saturated rings. The Balaban J connectivity index is 1.30. The van der Waals surface area contributed by atoms with Crippen LogP contribution in [-0.2, 0) is 12.7 Å². The van der Waals surface area contributed by atoms with Crippen molar-refractivity contribution in [2.75, 3.05) is 31.5 Å². The Kier molecular flexibility index (Phi) is 7.87. The van der Waals surface area contributed by atoms with Crippen molar-refractivity contribution in [2.24, 2.45) is 0 Å². The van der Waals surface area contributed by atoms with Crippen molar-refractivity contribution in [2.45, 2.75) is 32.6 Å². The number of carbonyl (C=O) groups is 1. The standard InChI is InChI=1S/C30H29F3N6O/c1-21(2)38-13-11-37(12-14-38)20-23-7-8-25(16-27(23)30(31,32)33)36-29(40)24-15-22(17-34-18-24)6-9-26-19-35-28-5-3-4-10-39(26)28/h3-5,7-8,10,15-19,21H,11-14,20H2,1-2H3,(H,36,40). The van der Waals surface area contributed by atoms with Crippen LogP contribution in [0, 0.1) is 11.8 Å². The summed E-state index contributed by atoms with van der Waals surface area (Å²) in [6, 6.07) is 11.5. The molecule has 3 aromatic heterocycles. The number of rotatable bonds is 5. The summed E-state index contributed by atoms with van der Waals surface area (Å²) in [4.78, 5) is 25.6. The Morgan fingerprint density at radius 1 is 1.02 bits per heavy atom. The predicted molar refractivity (Wildman–Crippen MR) is 147 cm³/mol. The Hall–Kier alpha value is -4.20. The molecule has 0 unspecified atom stereocenters. The number of fused-ring (bicyclic) bond motifs is 1. The summed E-state index contributed by atoms with van der Waals surface area (Å²) >= 11 is 0. The minimum Gasteiger partial charge on any atom is -0.322 e. The van der Waals surface area contributed by atoms with Crippen LogP contribution in [0.4, 0.5) is 18.9 Å². The molecule has 40 heavy (non-hydrogen) atoms. The molecule has 0 aliphatic carbocycles. The van der Waals surface area contributed by atoms with Crippen LogP contribution in [-0.4, -0.2) is 62.3 Å². The van der Waals surface area contributed by atoms with Crippen molar-refractivity contribution >= 4 is 17.2 Å². The van der Waals surface area contributed by atoms with Crippen LogP contribution >= 0.6 is 0 Å². The lowest BCUT2D eigenvalue weighted by atomic mass is 10.0. The lowest BCUT2D eigenvalue weighted by molar-refractivity contribution is -0.138. The molecular formula is C30H29F3N6O. The van der Waals surface area contributed by atoms with E-state index >= 15 is 0 Å². The number of alkyl halides is 3. The molecule has 5 rings (SSSR count). The summed E-state index contributed by atoms with van der Waals surface area (Å²) in [5, 5.41) is 2.58. The Morgan fingerprint density at radius 3 is 2.58 bits per heavy atom. The molecule has 1 N–H and O–H groups in total. The number of nitrogens with zero attached hydrogens (tertiary/aromatic N) is 5. The van der Waals surface area contributed by atoms with Gasteiger partial charge in [0.2, 0.25) is 0 Å². The topological polar surface area (TPSA) is 65.8 Å². The van der Waals surface area contributed by atoms with E-state index in [9.17, 15) is 18.0 Å². The zero-order valence-electron chi connectivity index (χ0n) is 22.2. The highest BCUT2D eigenvalue weighted by Gasteiger charge is 2.34. The van der Waals surface area contributed by atoms with Gasteiger partial charge in [0.15, 0.2) is 0 Å². The van der Waals surface area contributed by atoms with Crippen LogP contribution in [0.25, 0.3) is 5.65 Å². The number of nitrogens with one attached hydrogen (secondary N) is 1. The summed E-state index contributed by atoms with van der Waals surface area (Å²) in [6.45, 7) is 7.50. The molecule has 1 aliphatic rings. The molecular weight excluding hydrogens is 517 g/mol. The average Bonchev–Trinajstić information content (AvgIpc) is 3.36.